The number of pyridine rings is 1. The lowest BCUT2D eigenvalue weighted by Crippen LogP contribution is -2.32. The Hall–Kier alpha value is -2.34. The molecule has 2 rings (SSSR count). The summed E-state index contributed by atoms with van der Waals surface area (Å²) in [7, 11) is 1.54. The van der Waals surface area contributed by atoms with Crippen molar-refractivity contribution in [3.63, 3.8) is 0 Å². The van der Waals surface area contributed by atoms with E-state index in [0.29, 0.717) is 17.4 Å². The second-order valence-corrected chi connectivity index (χ2v) is 6.82. The van der Waals surface area contributed by atoms with E-state index in [1.54, 1.807) is 31.4 Å². The number of carboxylic acid groups (broad SMARTS) is 1. The van der Waals surface area contributed by atoms with Crippen molar-refractivity contribution in [3.05, 3.63) is 40.3 Å². The Balaban J connectivity index is 2.78. The smallest absolute Gasteiger partial charge is 0.356 e. The Labute approximate surface area is 140 Å². The zero-order valence-corrected chi connectivity index (χ0v) is 14.5. The summed E-state index contributed by atoms with van der Waals surface area (Å²) in [5, 5.41) is 10.7. The number of benzene rings is 1. The second-order valence-electron chi connectivity index (χ2n) is 6.82. The van der Waals surface area contributed by atoms with Gasteiger partial charge in [-0.1, -0.05) is 39.0 Å². The SMILES string of the molecule is COCCOc1c(C(=O)O)n(CC(C)(C)C)c(=O)c2ccccc12. The predicted molar refractivity (Wildman–Crippen MR) is 92.0 cm³/mol. The summed E-state index contributed by atoms with van der Waals surface area (Å²) in [5.74, 6) is -0.978. The molecule has 0 saturated carbocycles. The maximum absolute atomic E-state index is 12.8. The van der Waals surface area contributed by atoms with Gasteiger partial charge in [0.2, 0.25) is 0 Å². The van der Waals surface area contributed by atoms with Gasteiger partial charge in [0.15, 0.2) is 11.4 Å². The van der Waals surface area contributed by atoms with E-state index in [1.807, 2.05) is 20.8 Å². The molecule has 6 heteroatoms. The van der Waals surface area contributed by atoms with Crippen LogP contribution in [0.5, 0.6) is 5.75 Å². The lowest BCUT2D eigenvalue weighted by Gasteiger charge is -2.23. The van der Waals surface area contributed by atoms with Crippen molar-refractivity contribution in [2.24, 2.45) is 5.41 Å². The molecule has 0 bridgehead atoms. The number of aromatic carboxylic acids is 1. The third kappa shape index (κ3) is 3.76. The van der Waals surface area contributed by atoms with Crippen molar-refractivity contribution >= 4 is 16.7 Å². The van der Waals surface area contributed by atoms with E-state index in [4.69, 9.17) is 9.47 Å². The molecule has 0 spiro atoms. The Bertz CT molecular complexity index is 801. The van der Waals surface area contributed by atoms with Crippen LogP contribution in [0.4, 0.5) is 0 Å². The molecule has 1 heterocycles. The van der Waals surface area contributed by atoms with Crippen LogP contribution in [0.25, 0.3) is 10.8 Å². The summed E-state index contributed by atoms with van der Waals surface area (Å²) in [6, 6.07) is 6.90. The van der Waals surface area contributed by atoms with E-state index >= 15 is 0 Å². The van der Waals surface area contributed by atoms with Crippen molar-refractivity contribution in [3.8, 4) is 5.75 Å². The van der Waals surface area contributed by atoms with Crippen molar-refractivity contribution in [2.45, 2.75) is 27.3 Å². The third-order valence-electron chi connectivity index (χ3n) is 3.50. The first-order valence-corrected chi connectivity index (χ1v) is 7.77. The summed E-state index contributed by atoms with van der Waals surface area (Å²) in [4.78, 5) is 24.7. The van der Waals surface area contributed by atoms with Gasteiger partial charge < -0.3 is 14.6 Å². The van der Waals surface area contributed by atoms with Gasteiger partial charge in [0.1, 0.15) is 6.61 Å². The molecule has 0 radical (unpaired) electrons. The lowest BCUT2D eigenvalue weighted by molar-refractivity contribution is 0.0672. The minimum Gasteiger partial charge on any atom is -0.488 e. The van der Waals surface area contributed by atoms with Crippen LogP contribution in [0.2, 0.25) is 0 Å². The van der Waals surface area contributed by atoms with Crippen LogP contribution < -0.4 is 10.3 Å². The van der Waals surface area contributed by atoms with Crippen molar-refractivity contribution in [2.75, 3.05) is 20.3 Å². The summed E-state index contributed by atoms with van der Waals surface area (Å²) in [6.07, 6.45) is 0. The molecule has 0 amide bonds. The molecule has 0 fully saturated rings. The summed E-state index contributed by atoms with van der Waals surface area (Å²) in [5.41, 5.74) is -0.706. The molecule has 0 atom stereocenters. The first kappa shape index (κ1) is 18.0. The number of nitrogens with zero attached hydrogens (tertiary/aromatic N) is 1. The van der Waals surface area contributed by atoms with Crippen LogP contribution in [-0.4, -0.2) is 36.0 Å². The van der Waals surface area contributed by atoms with Crippen LogP contribution in [0.15, 0.2) is 29.1 Å². The van der Waals surface area contributed by atoms with E-state index < -0.39 is 5.97 Å². The average Bonchev–Trinajstić information content (AvgIpc) is 2.50. The van der Waals surface area contributed by atoms with E-state index in [9.17, 15) is 14.7 Å². The molecule has 0 unspecified atom stereocenters. The van der Waals surface area contributed by atoms with E-state index in [0.717, 1.165) is 0 Å². The minimum absolute atomic E-state index is 0.121. The Morgan fingerprint density at radius 2 is 1.79 bits per heavy atom. The number of carboxylic acids is 1. The predicted octanol–water partition coefficient (Wildman–Crippen LogP) is 2.77. The van der Waals surface area contributed by atoms with E-state index in [-0.39, 0.29) is 35.6 Å². The first-order chi connectivity index (χ1) is 11.3. The van der Waals surface area contributed by atoms with Crippen molar-refractivity contribution < 1.29 is 19.4 Å². The highest BCUT2D eigenvalue weighted by Crippen LogP contribution is 2.29. The van der Waals surface area contributed by atoms with Crippen LogP contribution in [0.3, 0.4) is 0 Å². The van der Waals surface area contributed by atoms with Gasteiger partial charge in [-0.05, 0) is 11.5 Å². The lowest BCUT2D eigenvalue weighted by atomic mass is 9.96. The standard InChI is InChI=1S/C18H23NO5/c1-18(2,3)11-19-14(17(21)22)15(24-10-9-23-4)12-7-5-6-8-13(12)16(19)20/h5-8H,9-11H2,1-4H3,(H,21,22). The van der Waals surface area contributed by atoms with Gasteiger partial charge in [-0.25, -0.2) is 4.79 Å². The first-order valence-electron chi connectivity index (χ1n) is 7.77. The van der Waals surface area contributed by atoms with E-state index in [1.165, 1.54) is 4.57 Å². The molecule has 1 N–H and O–H groups in total. The maximum Gasteiger partial charge on any atom is 0.356 e. The van der Waals surface area contributed by atoms with Gasteiger partial charge in [0, 0.05) is 19.0 Å². The average molecular weight is 333 g/mol. The number of fused-ring (bicyclic) bond motifs is 1. The molecule has 24 heavy (non-hydrogen) atoms. The van der Waals surface area contributed by atoms with Crippen molar-refractivity contribution in [1.29, 1.82) is 0 Å². The van der Waals surface area contributed by atoms with Gasteiger partial charge >= 0.3 is 5.97 Å². The third-order valence-corrected chi connectivity index (χ3v) is 3.50. The fourth-order valence-corrected chi connectivity index (χ4v) is 2.58. The highest BCUT2D eigenvalue weighted by atomic mass is 16.5. The zero-order valence-electron chi connectivity index (χ0n) is 14.5. The highest BCUT2D eigenvalue weighted by molar-refractivity contribution is 5.98. The van der Waals surface area contributed by atoms with Gasteiger partial charge in [-0.3, -0.25) is 9.36 Å². The summed E-state index contributed by atoms with van der Waals surface area (Å²) < 4.78 is 12.0. The zero-order chi connectivity index (χ0) is 17.9. The highest BCUT2D eigenvalue weighted by Gasteiger charge is 2.25. The van der Waals surface area contributed by atoms with Crippen LogP contribution >= 0.6 is 0 Å². The molecule has 0 aliphatic heterocycles. The number of ether oxygens (including phenoxy) is 2. The monoisotopic (exact) mass is 333 g/mol. The van der Waals surface area contributed by atoms with Gasteiger partial charge in [-0.15, -0.1) is 0 Å². The largest absolute Gasteiger partial charge is 0.488 e. The van der Waals surface area contributed by atoms with Crippen LogP contribution in [0.1, 0.15) is 31.3 Å². The molecular weight excluding hydrogens is 310 g/mol. The molecule has 1 aromatic carbocycles. The molecule has 6 nitrogen and oxygen atoms in total. The molecule has 130 valence electrons. The fourth-order valence-electron chi connectivity index (χ4n) is 2.58. The summed E-state index contributed by atoms with van der Waals surface area (Å²) >= 11 is 0. The number of aromatic nitrogens is 1. The van der Waals surface area contributed by atoms with Crippen LogP contribution in [0, 0.1) is 5.41 Å². The fraction of sp³-hybridized carbons (Fsp3) is 0.444. The van der Waals surface area contributed by atoms with E-state index in [2.05, 4.69) is 0 Å². The normalized spacial score (nSPS) is 11.7. The molecule has 1 aromatic heterocycles. The van der Waals surface area contributed by atoms with Crippen molar-refractivity contribution in [1.82, 2.24) is 4.57 Å². The topological polar surface area (TPSA) is 77.8 Å². The number of rotatable bonds is 6. The molecule has 0 aliphatic carbocycles. The number of hydrogen-bond acceptors (Lipinski definition) is 4. The molecule has 0 aliphatic rings. The number of carbonyl (C=O) groups is 1. The van der Waals surface area contributed by atoms with Gasteiger partial charge in [0.05, 0.1) is 12.0 Å². The summed E-state index contributed by atoms with van der Waals surface area (Å²) in [6.45, 7) is 6.66. The quantitative estimate of drug-likeness (QED) is 0.823. The maximum atomic E-state index is 12.8. The number of methoxy groups -OCH3 is 1. The molecular formula is C18H23NO5. The van der Waals surface area contributed by atoms with Gasteiger partial charge in [-0.2, -0.15) is 0 Å². The Kier molecular flexibility index (Phi) is 5.29. The minimum atomic E-state index is -1.19. The van der Waals surface area contributed by atoms with Crippen LogP contribution in [-0.2, 0) is 11.3 Å². The Morgan fingerprint density at radius 1 is 1.17 bits per heavy atom. The second kappa shape index (κ2) is 7.05. The van der Waals surface area contributed by atoms with Gasteiger partial charge in [0.25, 0.3) is 5.56 Å². The Morgan fingerprint density at radius 3 is 2.33 bits per heavy atom. The molecule has 0 saturated heterocycles. The number of hydrogen-bond donors (Lipinski definition) is 1. The molecule has 2 aromatic rings.